The number of carboxylic acids is 1. The molecular formula is C38H71NO5. The summed E-state index contributed by atoms with van der Waals surface area (Å²) in [5.74, 6) is -1.23. The van der Waals surface area contributed by atoms with E-state index in [2.05, 4.69) is 31.3 Å². The van der Waals surface area contributed by atoms with E-state index in [4.69, 9.17) is 9.84 Å². The van der Waals surface area contributed by atoms with Crippen LogP contribution in [0.1, 0.15) is 200 Å². The van der Waals surface area contributed by atoms with Gasteiger partial charge in [0, 0.05) is 12.8 Å². The van der Waals surface area contributed by atoms with Crippen LogP contribution in [0.2, 0.25) is 0 Å². The van der Waals surface area contributed by atoms with Gasteiger partial charge in [0.15, 0.2) is 0 Å². The standard InChI is InChI=1S/C38H71NO5/c1-3-5-7-9-11-13-15-16-17-19-22-26-30-35(31-27-23-21-24-28-32-36(40)39-34-37(41)42)44-38(43)33-29-25-20-18-14-12-10-8-6-4-2/h8,10,35H,3-7,9,11-34H2,1-2H3,(H,39,40)(H,41,42)/b10-8-. The first-order chi connectivity index (χ1) is 21.5. The van der Waals surface area contributed by atoms with Crippen molar-refractivity contribution in [2.75, 3.05) is 6.54 Å². The zero-order chi connectivity index (χ0) is 32.4. The smallest absolute Gasteiger partial charge is 0.322 e. The van der Waals surface area contributed by atoms with E-state index >= 15 is 0 Å². The fourth-order valence-corrected chi connectivity index (χ4v) is 5.63. The van der Waals surface area contributed by atoms with Crippen molar-refractivity contribution in [2.45, 2.75) is 206 Å². The molecule has 0 radical (unpaired) electrons. The third-order valence-electron chi connectivity index (χ3n) is 8.42. The highest BCUT2D eigenvalue weighted by Gasteiger charge is 2.14. The summed E-state index contributed by atoms with van der Waals surface area (Å²) >= 11 is 0. The summed E-state index contributed by atoms with van der Waals surface area (Å²) in [6.45, 7) is 4.17. The van der Waals surface area contributed by atoms with Gasteiger partial charge in [0.2, 0.25) is 5.91 Å². The number of nitrogens with one attached hydrogen (secondary N) is 1. The second-order valence-corrected chi connectivity index (χ2v) is 12.8. The number of unbranched alkanes of at least 4 members (excludes halogenated alkanes) is 21. The van der Waals surface area contributed by atoms with E-state index in [9.17, 15) is 14.4 Å². The van der Waals surface area contributed by atoms with E-state index in [0.29, 0.717) is 12.8 Å². The molecule has 2 N–H and O–H groups in total. The van der Waals surface area contributed by atoms with Crippen LogP contribution in [0.3, 0.4) is 0 Å². The first kappa shape index (κ1) is 42.1. The maximum atomic E-state index is 12.6. The topological polar surface area (TPSA) is 92.7 Å². The lowest BCUT2D eigenvalue weighted by Crippen LogP contribution is -2.28. The third-order valence-corrected chi connectivity index (χ3v) is 8.42. The van der Waals surface area contributed by atoms with Crippen LogP contribution in [-0.4, -0.2) is 35.6 Å². The number of esters is 1. The van der Waals surface area contributed by atoms with Crippen molar-refractivity contribution in [1.82, 2.24) is 5.32 Å². The van der Waals surface area contributed by atoms with E-state index in [0.717, 1.165) is 64.2 Å². The molecule has 1 unspecified atom stereocenters. The molecule has 0 aliphatic rings. The van der Waals surface area contributed by atoms with Gasteiger partial charge in [-0.2, -0.15) is 0 Å². The Labute approximate surface area is 271 Å². The fourth-order valence-electron chi connectivity index (χ4n) is 5.63. The quantitative estimate of drug-likeness (QED) is 0.0423. The molecule has 44 heavy (non-hydrogen) atoms. The van der Waals surface area contributed by atoms with Crippen LogP contribution in [0.4, 0.5) is 0 Å². The van der Waals surface area contributed by atoms with Crippen molar-refractivity contribution in [2.24, 2.45) is 0 Å². The number of amides is 1. The van der Waals surface area contributed by atoms with E-state index in [-0.39, 0.29) is 24.5 Å². The molecule has 0 aromatic rings. The molecule has 6 heteroatoms. The maximum absolute atomic E-state index is 12.6. The molecule has 0 heterocycles. The highest BCUT2D eigenvalue weighted by molar-refractivity contribution is 5.80. The van der Waals surface area contributed by atoms with Gasteiger partial charge in [0.1, 0.15) is 12.6 Å². The monoisotopic (exact) mass is 622 g/mol. The zero-order valence-corrected chi connectivity index (χ0v) is 29.0. The number of hydrogen-bond acceptors (Lipinski definition) is 4. The van der Waals surface area contributed by atoms with Crippen molar-refractivity contribution < 1.29 is 24.2 Å². The molecule has 0 aromatic heterocycles. The van der Waals surface area contributed by atoms with Crippen molar-refractivity contribution in [1.29, 1.82) is 0 Å². The molecule has 258 valence electrons. The molecule has 1 atom stereocenters. The van der Waals surface area contributed by atoms with Crippen LogP contribution in [-0.2, 0) is 19.1 Å². The lowest BCUT2D eigenvalue weighted by Gasteiger charge is -2.18. The molecule has 0 aromatic carbocycles. The maximum Gasteiger partial charge on any atom is 0.322 e. The minimum Gasteiger partial charge on any atom is -0.480 e. The number of hydrogen-bond donors (Lipinski definition) is 2. The summed E-state index contributed by atoms with van der Waals surface area (Å²) in [6, 6.07) is 0. The largest absolute Gasteiger partial charge is 0.480 e. The Hall–Kier alpha value is -1.85. The van der Waals surface area contributed by atoms with Crippen molar-refractivity contribution in [3.05, 3.63) is 12.2 Å². The van der Waals surface area contributed by atoms with Crippen LogP contribution >= 0.6 is 0 Å². The Bertz CT molecular complexity index is 693. The summed E-state index contributed by atoms with van der Waals surface area (Å²) < 4.78 is 5.99. The highest BCUT2D eigenvalue weighted by atomic mass is 16.5. The van der Waals surface area contributed by atoms with Crippen LogP contribution < -0.4 is 5.32 Å². The minimum absolute atomic E-state index is 0.0243. The van der Waals surface area contributed by atoms with E-state index < -0.39 is 5.97 Å². The average Bonchev–Trinajstić information content (AvgIpc) is 3.00. The van der Waals surface area contributed by atoms with Gasteiger partial charge in [-0.25, -0.2) is 0 Å². The molecule has 0 saturated carbocycles. The van der Waals surface area contributed by atoms with Gasteiger partial charge >= 0.3 is 11.9 Å². The number of allylic oxidation sites excluding steroid dienone is 2. The van der Waals surface area contributed by atoms with Gasteiger partial charge < -0.3 is 15.2 Å². The normalized spacial score (nSPS) is 12.0. The molecule has 1 amide bonds. The number of carbonyl (C=O) groups is 3. The van der Waals surface area contributed by atoms with Gasteiger partial charge in [0.05, 0.1) is 0 Å². The SMILES string of the molecule is CCC/C=C\CCCCCCCC(=O)OC(CCCCCCCCCCCCCC)CCCCCCCC(=O)NCC(=O)O. The number of carboxylic acid groups (broad SMARTS) is 1. The predicted molar refractivity (Wildman–Crippen MR) is 185 cm³/mol. The predicted octanol–water partition coefficient (Wildman–Crippen LogP) is 11.0. The van der Waals surface area contributed by atoms with Crippen molar-refractivity contribution >= 4 is 17.8 Å². The summed E-state index contributed by atoms with van der Waals surface area (Å²) in [5, 5.41) is 11.1. The fraction of sp³-hybridized carbons (Fsp3) is 0.868. The summed E-state index contributed by atoms with van der Waals surface area (Å²) in [4.78, 5) is 34.8. The number of rotatable bonds is 34. The molecule has 0 aliphatic heterocycles. The van der Waals surface area contributed by atoms with Crippen LogP contribution in [0.5, 0.6) is 0 Å². The molecule has 0 fully saturated rings. The average molecular weight is 622 g/mol. The molecule has 0 bridgehead atoms. The van der Waals surface area contributed by atoms with Crippen LogP contribution in [0.25, 0.3) is 0 Å². The molecule has 0 rings (SSSR count). The van der Waals surface area contributed by atoms with Gasteiger partial charge in [-0.1, -0.05) is 142 Å². The van der Waals surface area contributed by atoms with Crippen LogP contribution in [0.15, 0.2) is 12.2 Å². The van der Waals surface area contributed by atoms with E-state index in [1.807, 2.05) is 0 Å². The number of carbonyl (C=O) groups excluding carboxylic acids is 2. The highest BCUT2D eigenvalue weighted by Crippen LogP contribution is 2.19. The molecule has 0 spiro atoms. The second-order valence-electron chi connectivity index (χ2n) is 12.8. The Balaban J connectivity index is 4.17. The second kappa shape index (κ2) is 34.0. The van der Waals surface area contributed by atoms with Crippen molar-refractivity contribution in [3.8, 4) is 0 Å². The van der Waals surface area contributed by atoms with Crippen LogP contribution in [0, 0.1) is 0 Å². The van der Waals surface area contributed by atoms with Gasteiger partial charge in [-0.05, 0) is 57.8 Å². The Kier molecular flexibility index (Phi) is 32.6. The Morgan fingerprint density at radius 2 is 1.02 bits per heavy atom. The van der Waals surface area contributed by atoms with Gasteiger partial charge in [0.25, 0.3) is 0 Å². The van der Waals surface area contributed by atoms with E-state index in [1.165, 1.54) is 109 Å². The van der Waals surface area contributed by atoms with Gasteiger partial charge in [-0.3, -0.25) is 14.4 Å². The van der Waals surface area contributed by atoms with E-state index in [1.54, 1.807) is 0 Å². The first-order valence-electron chi connectivity index (χ1n) is 18.8. The lowest BCUT2D eigenvalue weighted by atomic mass is 10.0. The number of ether oxygens (including phenoxy) is 1. The third kappa shape index (κ3) is 33.1. The van der Waals surface area contributed by atoms with Crippen molar-refractivity contribution in [3.63, 3.8) is 0 Å². The Morgan fingerprint density at radius 1 is 0.568 bits per heavy atom. The summed E-state index contributed by atoms with van der Waals surface area (Å²) in [7, 11) is 0. The molecule has 0 aliphatic carbocycles. The summed E-state index contributed by atoms with van der Waals surface area (Å²) in [5.41, 5.74) is 0. The van der Waals surface area contributed by atoms with Gasteiger partial charge in [-0.15, -0.1) is 0 Å². The molecular weight excluding hydrogens is 550 g/mol. The number of aliphatic carboxylic acids is 1. The molecule has 0 saturated heterocycles. The lowest BCUT2D eigenvalue weighted by molar-refractivity contribution is -0.150. The zero-order valence-electron chi connectivity index (χ0n) is 29.0. The minimum atomic E-state index is -1.02. The Morgan fingerprint density at radius 3 is 1.55 bits per heavy atom. The summed E-state index contributed by atoms with van der Waals surface area (Å²) in [6.07, 6.45) is 37.5. The first-order valence-corrected chi connectivity index (χ1v) is 18.8. The molecule has 6 nitrogen and oxygen atoms in total.